The summed E-state index contributed by atoms with van der Waals surface area (Å²) in [5, 5.41) is 7.60. The van der Waals surface area contributed by atoms with Crippen molar-refractivity contribution in [2.24, 2.45) is 0 Å². The Balaban J connectivity index is 1.58. The van der Waals surface area contributed by atoms with Crippen LogP contribution in [0.15, 0.2) is 41.4 Å². The summed E-state index contributed by atoms with van der Waals surface area (Å²) in [6.45, 7) is 1.97. The first-order valence-electron chi connectivity index (χ1n) is 8.58. The van der Waals surface area contributed by atoms with Crippen molar-refractivity contribution in [2.45, 2.75) is 18.8 Å². The number of nitrogens with one attached hydrogen (secondary N) is 1. The van der Waals surface area contributed by atoms with Crippen LogP contribution in [0.4, 0.5) is 4.39 Å². The lowest BCUT2D eigenvalue weighted by molar-refractivity contribution is 0.454. The highest BCUT2D eigenvalue weighted by Crippen LogP contribution is 2.27. The predicted molar refractivity (Wildman–Crippen MR) is 99.7 cm³/mol. The Bertz CT molecular complexity index is 1110. The largest absolute Gasteiger partial charge is 0.317 e. The quantitative estimate of drug-likeness (QED) is 0.545. The zero-order valence-electron chi connectivity index (χ0n) is 13.9. The van der Waals surface area contributed by atoms with E-state index in [1.165, 1.54) is 6.07 Å². The number of hydrogen-bond donors (Lipinski definition) is 1. The summed E-state index contributed by atoms with van der Waals surface area (Å²) in [7, 11) is 0. The SMILES string of the molecule is Fc1cc(-c2ccn3nc(Br)cc3n2)cn2cc(C3CCNCC3)nc12. The van der Waals surface area contributed by atoms with Gasteiger partial charge in [-0.2, -0.15) is 5.10 Å². The molecule has 1 saturated heterocycles. The van der Waals surface area contributed by atoms with Gasteiger partial charge in [-0.05, 0) is 54.0 Å². The molecule has 0 spiro atoms. The molecular formula is C18H16BrFN6. The molecule has 1 aliphatic rings. The molecule has 0 bridgehead atoms. The lowest BCUT2D eigenvalue weighted by atomic mass is 9.95. The molecule has 0 aliphatic carbocycles. The maximum atomic E-state index is 14.7. The molecule has 4 aromatic heterocycles. The fraction of sp³-hybridized carbons (Fsp3) is 0.278. The summed E-state index contributed by atoms with van der Waals surface area (Å²) in [5.41, 5.74) is 3.45. The van der Waals surface area contributed by atoms with E-state index in [2.05, 4.69) is 36.3 Å². The highest BCUT2D eigenvalue weighted by molar-refractivity contribution is 9.10. The Labute approximate surface area is 157 Å². The van der Waals surface area contributed by atoms with Crippen LogP contribution in [0.25, 0.3) is 22.6 Å². The minimum atomic E-state index is -0.334. The van der Waals surface area contributed by atoms with Crippen LogP contribution in [0.2, 0.25) is 0 Å². The van der Waals surface area contributed by atoms with Crippen molar-refractivity contribution in [1.29, 1.82) is 0 Å². The number of piperidine rings is 1. The number of nitrogens with zero attached hydrogens (tertiary/aromatic N) is 5. The molecule has 1 aliphatic heterocycles. The molecule has 5 heterocycles. The van der Waals surface area contributed by atoms with Gasteiger partial charge in [0.05, 0.1) is 11.4 Å². The monoisotopic (exact) mass is 414 g/mol. The molecule has 4 aromatic rings. The molecule has 0 atom stereocenters. The summed E-state index contributed by atoms with van der Waals surface area (Å²) in [6, 6.07) is 5.15. The highest BCUT2D eigenvalue weighted by atomic mass is 79.9. The number of hydrogen-bond acceptors (Lipinski definition) is 4. The van der Waals surface area contributed by atoms with Crippen molar-refractivity contribution in [3.05, 3.63) is 52.9 Å². The van der Waals surface area contributed by atoms with E-state index >= 15 is 0 Å². The van der Waals surface area contributed by atoms with E-state index in [9.17, 15) is 4.39 Å². The molecule has 0 amide bonds. The standard InChI is InChI=1S/C18H16BrFN6/c19-16-8-17-22-14(3-6-26(17)24-16)12-7-13(20)18-23-15(10-25(18)9-12)11-1-4-21-5-2-11/h3,6-11,21H,1-2,4-5H2. The average Bonchev–Trinajstić information content (AvgIpc) is 3.24. The predicted octanol–water partition coefficient (Wildman–Crippen LogP) is 3.41. The molecule has 132 valence electrons. The van der Waals surface area contributed by atoms with Crippen LogP contribution in [0.1, 0.15) is 24.5 Å². The summed E-state index contributed by atoms with van der Waals surface area (Å²) in [5.74, 6) is 0.0525. The zero-order chi connectivity index (χ0) is 17.7. The first kappa shape index (κ1) is 15.9. The molecule has 0 aromatic carbocycles. The second-order valence-electron chi connectivity index (χ2n) is 6.58. The lowest BCUT2D eigenvalue weighted by Crippen LogP contribution is -2.26. The molecule has 26 heavy (non-hydrogen) atoms. The van der Waals surface area contributed by atoms with E-state index in [1.807, 2.05) is 30.7 Å². The normalized spacial score (nSPS) is 15.9. The Kier molecular flexibility index (Phi) is 3.75. The number of fused-ring (bicyclic) bond motifs is 2. The smallest absolute Gasteiger partial charge is 0.173 e. The van der Waals surface area contributed by atoms with Crippen molar-refractivity contribution in [3.8, 4) is 11.3 Å². The van der Waals surface area contributed by atoms with E-state index in [1.54, 1.807) is 8.92 Å². The first-order valence-corrected chi connectivity index (χ1v) is 9.38. The zero-order valence-corrected chi connectivity index (χ0v) is 15.4. The Morgan fingerprint density at radius 3 is 2.85 bits per heavy atom. The highest BCUT2D eigenvalue weighted by Gasteiger charge is 2.19. The Morgan fingerprint density at radius 2 is 2.00 bits per heavy atom. The number of rotatable bonds is 2. The van der Waals surface area contributed by atoms with Gasteiger partial charge in [0.2, 0.25) is 0 Å². The third kappa shape index (κ3) is 2.69. The van der Waals surface area contributed by atoms with E-state index in [0.29, 0.717) is 33.1 Å². The molecule has 0 unspecified atom stereocenters. The fourth-order valence-electron chi connectivity index (χ4n) is 3.54. The minimum absolute atomic E-state index is 0.334. The lowest BCUT2D eigenvalue weighted by Gasteiger charge is -2.20. The number of pyridine rings is 1. The van der Waals surface area contributed by atoms with Gasteiger partial charge >= 0.3 is 0 Å². The molecule has 0 radical (unpaired) electrons. The minimum Gasteiger partial charge on any atom is -0.317 e. The van der Waals surface area contributed by atoms with Crippen LogP contribution < -0.4 is 5.32 Å². The van der Waals surface area contributed by atoms with Gasteiger partial charge in [-0.1, -0.05) is 0 Å². The first-order chi connectivity index (χ1) is 12.7. The van der Waals surface area contributed by atoms with Gasteiger partial charge in [0.1, 0.15) is 4.60 Å². The van der Waals surface area contributed by atoms with Crippen LogP contribution in [0.3, 0.4) is 0 Å². The van der Waals surface area contributed by atoms with Gasteiger partial charge in [0, 0.05) is 36.1 Å². The van der Waals surface area contributed by atoms with Gasteiger partial charge in [-0.3, -0.25) is 0 Å². The molecule has 0 saturated carbocycles. The van der Waals surface area contributed by atoms with Gasteiger partial charge in [0.25, 0.3) is 0 Å². The third-order valence-corrected chi connectivity index (χ3v) is 5.26. The van der Waals surface area contributed by atoms with Crippen LogP contribution in [0, 0.1) is 5.82 Å². The van der Waals surface area contributed by atoms with Gasteiger partial charge in [-0.15, -0.1) is 0 Å². The number of imidazole rings is 1. The van der Waals surface area contributed by atoms with E-state index in [4.69, 9.17) is 0 Å². The third-order valence-electron chi connectivity index (χ3n) is 4.87. The van der Waals surface area contributed by atoms with Crippen molar-refractivity contribution >= 4 is 27.2 Å². The maximum Gasteiger partial charge on any atom is 0.173 e. The Hall–Kier alpha value is -2.32. The Morgan fingerprint density at radius 1 is 1.15 bits per heavy atom. The van der Waals surface area contributed by atoms with Crippen molar-refractivity contribution in [3.63, 3.8) is 0 Å². The molecule has 8 heteroatoms. The average molecular weight is 415 g/mol. The molecule has 5 rings (SSSR count). The van der Waals surface area contributed by atoms with Crippen molar-refractivity contribution in [1.82, 2.24) is 29.3 Å². The van der Waals surface area contributed by atoms with E-state index in [-0.39, 0.29) is 5.82 Å². The van der Waals surface area contributed by atoms with Crippen LogP contribution in [-0.4, -0.2) is 37.1 Å². The molecular weight excluding hydrogens is 399 g/mol. The van der Waals surface area contributed by atoms with Gasteiger partial charge in [0.15, 0.2) is 17.1 Å². The summed E-state index contributed by atoms with van der Waals surface area (Å²) in [6.07, 6.45) is 7.73. The second-order valence-corrected chi connectivity index (χ2v) is 7.39. The van der Waals surface area contributed by atoms with Crippen LogP contribution in [-0.2, 0) is 0 Å². The summed E-state index contributed by atoms with van der Waals surface area (Å²) in [4.78, 5) is 9.12. The molecule has 1 N–H and O–H groups in total. The van der Waals surface area contributed by atoms with Crippen molar-refractivity contribution < 1.29 is 4.39 Å². The summed E-state index contributed by atoms with van der Waals surface area (Å²) < 4.78 is 18.8. The summed E-state index contributed by atoms with van der Waals surface area (Å²) >= 11 is 3.34. The molecule has 6 nitrogen and oxygen atoms in total. The fourth-order valence-corrected chi connectivity index (χ4v) is 3.92. The van der Waals surface area contributed by atoms with Gasteiger partial charge in [-0.25, -0.2) is 18.9 Å². The number of aromatic nitrogens is 5. The topological polar surface area (TPSA) is 59.5 Å². The van der Waals surface area contributed by atoms with Crippen LogP contribution in [0.5, 0.6) is 0 Å². The van der Waals surface area contributed by atoms with E-state index in [0.717, 1.165) is 31.6 Å². The van der Waals surface area contributed by atoms with Crippen molar-refractivity contribution in [2.75, 3.05) is 13.1 Å². The van der Waals surface area contributed by atoms with Gasteiger partial charge < -0.3 is 9.72 Å². The molecule has 1 fully saturated rings. The second kappa shape index (κ2) is 6.14. The van der Waals surface area contributed by atoms with E-state index < -0.39 is 0 Å². The van der Waals surface area contributed by atoms with Crippen LogP contribution >= 0.6 is 15.9 Å². The number of halogens is 2. The maximum absolute atomic E-state index is 14.7.